The summed E-state index contributed by atoms with van der Waals surface area (Å²) in [5.74, 6) is 0.344. The Hall–Kier alpha value is -3.38. The molecule has 0 bridgehead atoms. The molecule has 1 aliphatic rings. The third kappa shape index (κ3) is 5.52. The van der Waals surface area contributed by atoms with Crippen molar-refractivity contribution in [3.05, 3.63) is 81.2 Å². The average molecular weight is 446 g/mol. The molecule has 0 spiro atoms. The molecule has 4 rings (SSSR count). The first-order valence-electron chi connectivity index (χ1n) is 11.3. The van der Waals surface area contributed by atoms with Crippen molar-refractivity contribution in [2.75, 3.05) is 18.4 Å². The number of ether oxygens (including phenoxy) is 1. The molecule has 1 aromatic heterocycles. The van der Waals surface area contributed by atoms with Crippen LogP contribution in [0.3, 0.4) is 0 Å². The van der Waals surface area contributed by atoms with Crippen LogP contribution < -0.4 is 21.0 Å². The van der Waals surface area contributed by atoms with E-state index < -0.39 is 5.63 Å². The van der Waals surface area contributed by atoms with E-state index in [9.17, 15) is 9.59 Å². The lowest BCUT2D eigenvalue weighted by atomic mass is 10.1. The fourth-order valence-electron chi connectivity index (χ4n) is 3.90. The Labute approximate surface area is 193 Å². The lowest BCUT2D eigenvalue weighted by Gasteiger charge is -2.24. The van der Waals surface area contributed by atoms with E-state index >= 15 is 0 Å². The van der Waals surface area contributed by atoms with Crippen LogP contribution in [0, 0.1) is 13.0 Å². The van der Waals surface area contributed by atoms with Crippen molar-refractivity contribution in [3.63, 3.8) is 0 Å². The fourth-order valence-corrected chi connectivity index (χ4v) is 3.90. The number of carbonyl (C=O) groups is 1. The summed E-state index contributed by atoms with van der Waals surface area (Å²) in [7, 11) is 0. The maximum Gasteiger partial charge on any atom is 0.360 e. The summed E-state index contributed by atoms with van der Waals surface area (Å²) in [6, 6.07) is 13.7. The van der Waals surface area contributed by atoms with Gasteiger partial charge in [0.2, 0.25) is 0 Å². The SMILES string of the molecule is CC(C)=CCc1[c]ccc(C(=O)Nc2cc3ccc(OC4CCCNC4)c(C)c3oc2=O)c1. The normalized spacial score (nSPS) is 15.8. The van der Waals surface area contributed by atoms with Gasteiger partial charge in [0.05, 0.1) is 0 Å². The van der Waals surface area contributed by atoms with E-state index in [1.807, 2.05) is 32.9 Å². The zero-order valence-electron chi connectivity index (χ0n) is 19.3. The Morgan fingerprint density at radius 1 is 1.30 bits per heavy atom. The third-order valence-electron chi connectivity index (χ3n) is 5.75. The van der Waals surface area contributed by atoms with Gasteiger partial charge in [-0.15, -0.1) is 0 Å². The van der Waals surface area contributed by atoms with Crippen LogP contribution in [0.2, 0.25) is 0 Å². The molecule has 33 heavy (non-hydrogen) atoms. The number of aryl methyl sites for hydroxylation is 1. The van der Waals surface area contributed by atoms with Crippen molar-refractivity contribution in [2.45, 2.75) is 46.1 Å². The molecule has 1 amide bonds. The second-order valence-corrected chi connectivity index (χ2v) is 8.68. The summed E-state index contributed by atoms with van der Waals surface area (Å²) >= 11 is 0. The van der Waals surface area contributed by atoms with Crippen LogP contribution in [-0.2, 0) is 6.42 Å². The quantitative estimate of drug-likeness (QED) is 0.421. The average Bonchev–Trinajstić information content (AvgIpc) is 2.81. The largest absolute Gasteiger partial charge is 0.489 e. The van der Waals surface area contributed by atoms with Crippen molar-refractivity contribution in [3.8, 4) is 5.75 Å². The smallest absolute Gasteiger partial charge is 0.360 e. The summed E-state index contributed by atoms with van der Waals surface area (Å²) in [5.41, 5.74) is 3.33. The van der Waals surface area contributed by atoms with Crippen molar-refractivity contribution in [1.82, 2.24) is 5.32 Å². The Bertz CT molecular complexity index is 1250. The number of hydrogen-bond acceptors (Lipinski definition) is 5. The Morgan fingerprint density at radius 2 is 2.15 bits per heavy atom. The van der Waals surface area contributed by atoms with Crippen molar-refractivity contribution in [1.29, 1.82) is 0 Å². The molecule has 6 heteroatoms. The lowest BCUT2D eigenvalue weighted by molar-refractivity contribution is 0.102. The third-order valence-corrected chi connectivity index (χ3v) is 5.75. The molecule has 1 unspecified atom stereocenters. The van der Waals surface area contributed by atoms with E-state index in [1.54, 1.807) is 24.3 Å². The highest BCUT2D eigenvalue weighted by Gasteiger charge is 2.18. The Morgan fingerprint density at radius 3 is 2.91 bits per heavy atom. The van der Waals surface area contributed by atoms with Crippen molar-refractivity contribution >= 4 is 22.6 Å². The van der Waals surface area contributed by atoms with Gasteiger partial charge in [0, 0.05) is 23.1 Å². The van der Waals surface area contributed by atoms with E-state index in [2.05, 4.69) is 22.8 Å². The van der Waals surface area contributed by atoms with E-state index in [4.69, 9.17) is 9.15 Å². The molecule has 0 aliphatic carbocycles. The van der Waals surface area contributed by atoms with Gasteiger partial charge in [0.1, 0.15) is 23.1 Å². The van der Waals surface area contributed by atoms with Gasteiger partial charge in [0.15, 0.2) is 0 Å². The molecule has 1 fully saturated rings. The monoisotopic (exact) mass is 445 g/mol. The topological polar surface area (TPSA) is 80.6 Å². The van der Waals surface area contributed by atoms with E-state index in [-0.39, 0.29) is 17.7 Å². The number of piperidine rings is 1. The first-order chi connectivity index (χ1) is 15.9. The predicted molar refractivity (Wildman–Crippen MR) is 130 cm³/mol. The molecule has 0 saturated carbocycles. The van der Waals surface area contributed by atoms with Crippen LogP contribution in [0.15, 0.2) is 57.3 Å². The number of amides is 1. The first-order valence-corrected chi connectivity index (χ1v) is 11.3. The van der Waals surface area contributed by atoms with Gasteiger partial charge < -0.3 is 19.8 Å². The zero-order chi connectivity index (χ0) is 23.4. The second kappa shape index (κ2) is 10.0. The zero-order valence-corrected chi connectivity index (χ0v) is 19.3. The minimum Gasteiger partial charge on any atom is -0.489 e. The molecular formula is C27H29N2O4. The highest BCUT2D eigenvalue weighted by molar-refractivity contribution is 6.05. The molecule has 2 heterocycles. The minimum absolute atomic E-state index is 0.102. The van der Waals surface area contributed by atoms with Gasteiger partial charge in [-0.2, -0.15) is 0 Å². The highest BCUT2D eigenvalue weighted by atomic mass is 16.5. The number of anilines is 1. The van der Waals surface area contributed by atoms with E-state index in [0.29, 0.717) is 23.3 Å². The van der Waals surface area contributed by atoms with Crippen molar-refractivity contribution in [2.24, 2.45) is 0 Å². The minimum atomic E-state index is -0.595. The maximum atomic E-state index is 12.8. The Balaban J connectivity index is 1.55. The summed E-state index contributed by atoms with van der Waals surface area (Å²) in [4.78, 5) is 25.4. The fraction of sp³-hybridized carbons (Fsp3) is 0.333. The molecule has 1 radical (unpaired) electrons. The summed E-state index contributed by atoms with van der Waals surface area (Å²) in [5, 5.41) is 6.75. The number of hydrogen-bond donors (Lipinski definition) is 2. The number of nitrogens with one attached hydrogen (secondary N) is 2. The van der Waals surface area contributed by atoms with Gasteiger partial charge in [0.25, 0.3) is 5.91 Å². The number of fused-ring (bicyclic) bond motifs is 1. The standard InChI is InChI=1S/C27H29N2O4/c1-17(2)9-10-19-6-4-7-21(14-19)26(30)29-23-15-20-11-12-24(18(3)25(20)33-27(23)31)32-22-8-5-13-28-16-22/h4,7,9,11-12,14-15,22,28H,5,8,10,13,16H2,1-3H3,(H,29,30). The van der Waals surface area contributed by atoms with E-state index in [0.717, 1.165) is 42.4 Å². The highest BCUT2D eigenvalue weighted by Crippen LogP contribution is 2.29. The molecule has 1 atom stereocenters. The van der Waals surface area contributed by atoms with Gasteiger partial charge in [-0.3, -0.25) is 4.79 Å². The molecule has 2 N–H and O–H groups in total. The number of carbonyl (C=O) groups excluding carboxylic acids is 1. The summed E-state index contributed by atoms with van der Waals surface area (Å²) < 4.78 is 11.7. The molecular weight excluding hydrogens is 416 g/mol. The van der Waals surface area contributed by atoms with Gasteiger partial charge in [-0.05, 0) is 88.5 Å². The van der Waals surface area contributed by atoms with Crippen LogP contribution in [0.25, 0.3) is 11.0 Å². The lowest BCUT2D eigenvalue weighted by Crippen LogP contribution is -2.37. The maximum absolute atomic E-state index is 12.8. The molecule has 1 saturated heterocycles. The Kier molecular flexibility index (Phi) is 6.94. The molecule has 6 nitrogen and oxygen atoms in total. The predicted octanol–water partition coefficient (Wildman–Crippen LogP) is 4.79. The summed E-state index contributed by atoms with van der Waals surface area (Å²) in [6.45, 7) is 7.75. The first kappa shape index (κ1) is 22.8. The van der Waals surface area contributed by atoms with Crippen LogP contribution in [-0.4, -0.2) is 25.1 Å². The molecule has 2 aromatic carbocycles. The van der Waals surface area contributed by atoms with Crippen LogP contribution in [0.4, 0.5) is 5.69 Å². The molecule has 171 valence electrons. The number of rotatable bonds is 6. The molecule has 3 aromatic rings. The van der Waals surface area contributed by atoms with Gasteiger partial charge >= 0.3 is 5.63 Å². The van der Waals surface area contributed by atoms with Gasteiger partial charge in [-0.25, -0.2) is 4.79 Å². The van der Waals surface area contributed by atoms with Gasteiger partial charge in [-0.1, -0.05) is 17.7 Å². The van der Waals surface area contributed by atoms with E-state index in [1.165, 1.54) is 5.57 Å². The number of allylic oxidation sites excluding steroid dienone is 2. The molecule has 1 aliphatic heterocycles. The summed E-state index contributed by atoms with van der Waals surface area (Å²) in [6.07, 6.45) is 4.95. The van der Waals surface area contributed by atoms with Crippen LogP contribution >= 0.6 is 0 Å². The second-order valence-electron chi connectivity index (χ2n) is 8.68. The van der Waals surface area contributed by atoms with Crippen molar-refractivity contribution < 1.29 is 13.9 Å². The van der Waals surface area contributed by atoms with Crippen LogP contribution in [0.5, 0.6) is 5.75 Å². The van der Waals surface area contributed by atoms with Crippen LogP contribution in [0.1, 0.15) is 48.2 Å². The number of benzene rings is 2.